The van der Waals surface area contributed by atoms with Gasteiger partial charge in [-0.2, -0.15) is 0 Å². The van der Waals surface area contributed by atoms with Gasteiger partial charge in [0.2, 0.25) is 0 Å². The predicted octanol–water partition coefficient (Wildman–Crippen LogP) is 3.79. The SMILES string of the molecule is COc1cc(Br)ccc1C(=O)Cc1ccccc1[N+](=O)[O-]. The monoisotopic (exact) mass is 349 g/mol. The van der Waals surface area contributed by atoms with Crippen molar-refractivity contribution in [2.45, 2.75) is 6.42 Å². The minimum Gasteiger partial charge on any atom is -0.496 e. The summed E-state index contributed by atoms with van der Waals surface area (Å²) in [5.41, 5.74) is 0.734. The molecule has 21 heavy (non-hydrogen) atoms. The fourth-order valence-electron chi connectivity index (χ4n) is 2.00. The van der Waals surface area contributed by atoms with Crippen LogP contribution in [0.25, 0.3) is 0 Å². The largest absolute Gasteiger partial charge is 0.496 e. The van der Waals surface area contributed by atoms with E-state index in [0.717, 1.165) is 4.47 Å². The molecule has 108 valence electrons. The number of hydrogen-bond donors (Lipinski definition) is 0. The Hall–Kier alpha value is -2.21. The fourth-order valence-corrected chi connectivity index (χ4v) is 2.34. The molecule has 0 bridgehead atoms. The van der Waals surface area contributed by atoms with Crippen molar-refractivity contribution in [1.82, 2.24) is 0 Å². The van der Waals surface area contributed by atoms with Crippen LogP contribution in [0.5, 0.6) is 5.75 Å². The van der Waals surface area contributed by atoms with E-state index in [-0.39, 0.29) is 17.9 Å². The average Bonchev–Trinajstić information content (AvgIpc) is 2.47. The molecule has 0 saturated heterocycles. The van der Waals surface area contributed by atoms with Crippen molar-refractivity contribution < 1.29 is 14.5 Å². The number of nitrogens with zero attached hydrogens (tertiary/aromatic N) is 1. The van der Waals surface area contributed by atoms with Crippen molar-refractivity contribution in [3.05, 3.63) is 68.2 Å². The number of halogens is 1. The lowest BCUT2D eigenvalue weighted by atomic mass is 10.0. The van der Waals surface area contributed by atoms with Crippen LogP contribution in [0, 0.1) is 10.1 Å². The van der Waals surface area contributed by atoms with Gasteiger partial charge in [-0.25, -0.2) is 0 Å². The number of Topliss-reactive ketones (excluding diaryl/α,β-unsaturated/α-hetero) is 1. The number of para-hydroxylation sites is 1. The van der Waals surface area contributed by atoms with Crippen LogP contribution in [0.2, 0.25) is 0 Å². The Morgan fingerprint density at radius 3 is 2.67 bits per heavy atom. The predicted molar refractivity (Wildman–Crippen MR) is 81.8 cm³/mol. The Morgan fingerprint density at radius 2 is 2.00 bits per heavy atom. The molecule has 0 aliphatic carbocycles. The van der Waals surface area contributed by atoms with Gasteiger partial charge < -0.3 is 4.74 Å². The van der Waals surface area contributed by atoms with E-state index in [4.69, 9.17) is 4.74 Å². The Morgan fingerprint density at radius 1 is 1.29 bits per heavy atom. The Kier molecular flexibility index (Phi) is 4.70. The molecule has 0 unspecified atom stereocenters. The number of methoxy groups -OCH3 is 1. The van der Waals surface area contributed by atoms with E-state index in [1.165, 1.54) is 13.2 Å². The number of rotatable bonds is 5. The lowest BCUT2D eigenvalue weighted by molar-refractivity contribution is -0.385. The third kappa shape index (κ3) is 3.46. The number of ketones is 1. The quantitative estimate of drug-likeness (QED) is 0.467. The minimum atomic E-state index is -0.485. The van der Waals surface area contributed by atoms with E-state index in [1.54, 1.807) is 36.4 Å². The molecular formula is C15H12BrNO4. The molecule has 0 aromatic heterocycles. The third-order valence-corrected chi connectivity index (χ3v) is 3.50. The van der Waals surface area contributed by atoms with Crippen molar-refractivity contribution in [3.63, 3.8) is 0 Å². The number of nitro groups is 1. The Labute approximate surface area is 129 Å². The first-order valence-corrected chi connectivity index (χ1v) is 6.91. The Bertz CT molecular complexity index is 700. The zero-order valence-corrected chi connectivity index (χ0v) is 12.8. The maximum Gasteiger partial charge on any atom is 0.273 e. The zero-order chi connectivity index (χ0) is 15.4. The van der Waals surface area contributed by atoms with Gasteiger partial charge in [-0.3, -0.25) is 14.9 Å². The molecule has 0 aliphatic heterocycles. The lowest BCUT2D eigenvalue weighted by Crippen LogP contribution is -2.07. The van der Waals surface area contributed by atoms with Crippen LogP contribution < -0.4 is 4.74 Å². The van der Waals surface area contributed by atoms with Gasteiger partial charge in [0.1, 0.15) is 5.75 Å². The topological polar surface area (TPSA) is 69.4 Å². The molecule has 6 heteroatoms. The normalized spacial score (nSPS) is 10.2. The molecule has 0 heterocycles. The first-order chi connectivity index (χ1) is 10.0. The van der Waals surface area contributed by atoms with Crippen LogP contribution in [0.3, 0.4) is 0 Å². The molecular weight excluding hydrogens is 338 g/mol. The van der Waals surface area contributed by atoms with E-state index < -0.39 is 4.92 Å². The lowest BCUT2D eigenvalue weighted by Gasteiger charge is -2.08. The molecule has 0 radical (unpaired) electrons. The van der Waals surface area contributed by atoms with Gasteiger partial charge in [-0.15, -0.1) is 0 Å². The number of nitro benzene ring substituents is 1. The molecule has 2 aromatic rings. The Balaban J connectivity index is 2.33. The second-order valence-corrected chi connectivity index (χ2v) is 5.25. The summed E-state index contributed by atoms with van der Waals surface area (Å²) < 4.78 is 5.97. The molecule has 0 amide bonds. The summed E-state index contributed by atoms with van der Waals surface area (Å²) in [7, 11) is 1.48. The molecule has 0 aliphatic rings. The third-order valence-electron chi connectivity index (χ3n) is 3.00. The maximum absolute atomic E-state index is 12.4. The van der Waals surface area contributed by atoms with E-state index in [9.17, 15) is 14.9 Å². The average molecular weight is 350 g/mol. The van der Waals surface area contributed by atoms with Gasteiger partial charge in [0.25, 0.3) is 5.69 Å². The summed E-state index contributed by atoms with van der Waals surface area (Å²) in [5, 5.41) is 11.0. The first-order valence-electron chi connectivity index (χ1n) is 6.12. The first kappa shape index (κ1) is 15.2. The molecule has 0 spiro atoms. The van der Waals surface area contributed by atoms with Crippen molar-refractivity contribution in [2.24, 2.45) is 0 Å². The molecule has 0 saturated carbocycles. The summed E-state index contributed by atoms with van der Waals surface area (Å²) in [6, 6.07) is 11.3. The number of hydrogen-bond acceptors (Lipinski definition) is 4. The van der Waals surface area contributed by atoms with Crippen LogP contribution in [0.15, 0.2) is 46.9 Å². The van der Waals surface area contributed by atoms with Gasteiger partial charge in [0.15, 0.2) is 5.78 Å². The van der Waals surface area contributed by atoms with Crippen LogP contribution in [0.4, 0.5) is 5.69 Å². The molecule has 5 nitrogen and oxygen atoms in total. The second kappa shape index (κ2) is 6.49. The molecule has 2 rings (SSSR count). The summed E-state index contributed by atoms with van der Waals surface area (Å²) in [4.78, 5) is 22.8. The van der Waals surface area contributed by atoms with E-state index in [2.05, 4.69) is 15.9 Å². The maximum atomic E-state index is 12.4. The molecule has 0 N–H and O–H groups in total. The fraction of sp³-hybridized carbons (Fsp3) is 0.133. The number of carbonyl (C=O) groups is 1. The molecule has 0 atom stereocenters. The number of ether oxygens (including phenoxy) is 1. The second-order valence-electron chi connectivity index (χ2n) is 4.33. The van der Waals surface area contributed by atoms with Crippen molar-refractivity contribution in [3.8, 4) is 5.75 Å². The van der Waals surface area contributed by atoms with Crippen LogP contribution in [0.1, 0.15) is 15.9 Å². The van der Waals surface area contributed by atoms with Gasteiger partial charge in [-0.05, 0) is 18.2 Å². The van der Waals surface area contributed by atoms with Crippen LogP contribution >= 0.6 is 15.9 Å². The van der Waals surface area contributed by atoms with Crippen LogP contribution in [-0.4, -0.2) is 17.8 Å². The summed E-state index contributed by atoms with van der Waals surface area (Å²) in [6.45, 7) is 0. The van der Waals surface area contributed by atoms with Gasteiger partial charge >= 0.3 is 0 Å². The van der Waals surface area contributed by atoms with Crippen molar-refractivity contribution >= 4 is 27.4 Å². The highest BCUT2D eigenvalue weighted by Crippen LogP contribution is 2.26. The summed E-state index contributed by atoms with van der Waals surface area (Å²) in [6.07, 6.45) is -0.0465. The van der Waals surface area contributed by atoms with Gasteiger partial charge in [0.05, 0.1) is 17.6 Å². The minimum absolute atomic E-state index is 0.0465. The zero-order valence-electron chi connectivity index (χ0n) is 11.2. The number of carbonyl (C=O) groups excluding carboxylic acids is 1. The van der Waals surface area contributed by atoms with E-state index in [1.807, 2.05) is 0 Å². The molecule has 2 aromatic carbocycles. The summed E-state index contributed by atoms with van der Waals surface area (Å²) in [5.74, 6) is 0.210. The van der Waals surface area contributed by atoms with Crippen molar-refractivity contribution in [1.29, 1.82) is 0 Å². The van der Waals surface area contributed by atoms with E-state index >= 15 is 0 Å². The highest BCUT2D eigenvalue weighted by Gasteiger charge is 2.19. The highest BCUT2D eigenvalue weighted by atomic mass is 79.9. The summed E-state index contributed by atoms with van der Waals surface area (Å²) >= 11 is 3.30. The van der Waals surface area contributed by atoms with Crippen LogP contribution in [-0.2, 0) is 6.42 Å². The standard InChI is InChI=1S/C15H12BrNO4/c1-21-15-9-11(16)6-7-12(15)14(18)8-10-4-2-3-5-13(10)17(19)20/h2-7,9H,8H2,1H3. The van der Waals surface area contributed by atoms with Gasteiger partial charge in [-0.1, -0.05) is 34.1 Å². The van der Waals surface area contributed by atoms with Gasteiger partial charge in [0, 0.05) is 22.5 Å². The van der Waals surface area contributed by atoms with E-state index in [0.29, 0.717) is 16.9 Å². The van der Waals surface area contributed by atoms with Crippen molar-refractivity contribution in [2.75, 3.05) is 7.11 Å². The molecule has 0 fully saturated rings. The number of benzene rings is 2. The smallest absolute Gasteiger partial charge is 0.273 e. The highest BCUT2D eigenvalue weighted by molar-refractivity contribution is 9.10.